The van der Waals surface area contributed by atoms with Gasteiger partial charge in [-0.15, -0.1) is 0 Å². The molecular weight excluding hydrogens is 376 g/mol. The fourth-order valence-electron chi connectivity index (χ4n) is 4.69. The minimum absolute atomic E-state index is 0.483. The van der Waals surface area contributed by atoms with Gasteiger partial charge in [-0.2, -0.15) is 0 Å². The van der Waals surface area contributed by atoms with Gasteiger partial charge < -0.3 is 9.80 Å². The Morgan fingerprint density at radius 2 is 1.03 bits per heavy atom. The van der Waals surface area contributed by atoms with Crippen LogP contribution in [-0.2, 0) is 6.54 Å². The number of hydrogen-bond acceptors (Lipinski definition) is 2. The molecule has 176 valence electrons. The molecule has 2 nitrogen and oxygen atoms in total. The van der Waals surface area contributed by atoms with Crippen LogP contribution in [-0.4, -0.2) is 22.5 Å². The van der Waals surface area contributed by atoms with Gasteiger partial charge in [-0.1, -0.05) is 134 Å². The van der Waals surface area contributed by atoms with Crippen molar-refractivity contribution in [3.8, 4) is 0 Å². The van der Waals surface area contributed by atoms with Crippen LogP contribution in [0.1, 0.15) is 122 Å². The monoisotopic (exact) mass is 426 g/mol. The summed E-state index contributed by atoms with van der Waals surface area (Å²) < 4.78 is 0. The van der Waals surface area contributed by atoms with E-state index in [1.54, 1.807) is 0 Å². The second kappa shape index (κ2) is 17.2. The van der Waals surface area contributed by atoms with Crippen molar-refractivity contribution < 1.29 is 0 Å². The van der Waals surface area contributed by atoms with E-state index in [4.69, 9.17) is 0 Å². The highest BCUT2D eigenvalue weighted by Gasteiger charge is 2.21. The lowest BCUT2D eigenvalue weighted by atomic mass is 10.0. The number of unbranched alkanes of at least 4 members (excludes halogenated alkanes) is 15. The van der Waals surface area contributed by atoms with Gasteiger partial charge in [-0.05, 0) is 18.9 Å². The van der Waals surface area contributed by atoms with Gasteiger partial charge in [-0.25, -0.2) is 0 Å². The Labute approximate surface area is 194 Å². The molecule has 1 aliphatic rings. The van der Waals surface area contributed by atoms with Gasteiger partial charge in [0.2, 0.25) is 0 Å². The van der Waals surface area contributed by atoms with Gasteiger partial charge in [0.25, 0.3) is 0 Å². The summed E-state index contributed by atoms with van der Waals surface area (Å²) in [6.07, 6.45) is 28.0. The number of nitrogens with zero attached hydrogens (tertiary/aromatic N) is 2. The van der Waals surface area contributed by atoms with Crippen LogP contribution in [0, 0.1) is 0 Å². The molecule has 2 rings (SSSR count). The van der Waals surface area contributed by atoms with Crippen molar-refractivity contribution >= 4 is 0 Å². The van der Waals surface area contributed by atoms with Crippen LogP contribution >= 0.6 is 0 Å². The Bertz CT molecular complexity index is 553. The maximum Gasteiger partial charge on any atom is 0.0981 e. The average Bonchev–Trinajstić information content (AvgIpc) is 3.13. The molecule has 0 N–H and O–H groups in total. The fourth-order valence-corrected chi connectivity index (χ4v) is 4.69. The summed E-state index contributed by atoms with van der Waals surface area (Å²) >= 11 is 0. The zero-order chi connectivity index (χ0) is 22.0. The predicted molar refractivity (Wildman–Crippen MR) is 137 cm³/mol. The molecule has 0 saturated heterocycles. The minimum atomic E-state index is 0.483. The Balaban J connectivity index is 1.35. The van der Waals surface area contributed by atoms with Crippen molar-refractivity contribution in [3.05, 3.63) is 48.3 Å². The summed E-state index contributed by atoms with van der Waals surface area (Å²) in [7, 11) is 0. The lowest BCUT2D eigenvalue weighted by Crippen LogP contribution is -2.36. The van der Waals surface area contributed by atoms with Crippen LogP contribution in [0.4, 0.5) is 0 Å². The third-order valence-corrected chi connectivity index (χ3v) is 6.89. The van der Waals surface area contributed by atoms with Gasteiger partial charge in [0.1, 0.15) is 0 Å². The highest BCUT2D eigenvalue weighted by molar-refractivity contribution is 5.15. The van der Waals surface area contributed by atoms with Crippen molar-refractivity contribution in [2.75, 3.05) is 6.54 Å². The van der Waals surface area contributed by atoms with Crippen molar-refractivity contribution in [1.29, 1.82) is 0 Å². The average molecular weight is 427 g/mol. The standard InChI is InChI=1S/C29H50N2/c1-3-4-5-6-7-8-9-10-11-12-13-14-15-16-17-21-24-30-25-26-31(28(30)2)27-29-22-19-18-20-23-29/h18-20,22-23,25-26,28H,3-17,21,24,27H2,1-2H3. The molecule has 0 aliphatic carbocycles. The van der Waals surface area contributed by atoms with Crippen molar-refractivity contribution in [1.82, 2.24) is 9.80 Å². The van der Waals surface area contributed by atoms with E-state index in [2.05, 4.69) is 66.4 Å². The van der Waals surface area contributed by atoms with Crippen LogP contribution in [0.5, 0.6) is 0 Å². The second-order valence-electron chi connectivity index (χ2n) is 9.63. The van der Waals surface area contributed by atoms with Gasteiger partial charge in [0.05, 0.1) is 6.17 Å². The Morgan fingerprint density at radius 3 is 1.55 bits per heavy atom. The zero-order valence-electron chi connectivity index (χ0n) is 20.7. The smallest absolute Gasteiger partial charge is 0.0981 e. The second-order valence-corrected chi connectivity index (χ2v) is 9.63. The van der Waals surface area contributed by atoms with Crippen molar-refractivity contribution in [2.24, 2.45) is 0 Å². The predicted octanol–water partition coefficient (Wildman–Crippen LogP) is 8.88. The van der Waals surface area contributed by atoms with Crippen molar-refractivity contribution in [2.45, 2.75) is 129 Å². The molecule has 1 heterocycles. The molecule has 0 aromatic heterocycles. The highest BCUT2D eigenvalue weighted by atomic mass is 15.4. The molecule has 1 aromatic rings. The highest BCUT2D eigenvalue weighted by Crippen LogP contribution is 2.20. The molecule has 0 spiro atoms. The maximum atomic E-state index is 2.51. The zero-order valence-corrected chi connectivity index (χ0v) is 20.7. The van der Waals surface area contributed by atoms with Gasteiger partial charge >= 0.3 is 0 Å². The molecule has 0 fully saturated rings. The largest absolute Gasteiger partial charge is 0.356 e. The quantitative estimate of drug-likeness (QED) is 0.204. The third kappa shape index (κ3) is 11.7. The van der Waals surface area contributed by atoms with E-state index < -0.39 is 0 Å². The normalized spacial score (nSPS) is 15.9. The third-order valence-electron chi connectivity index (χ3n) is 6.89. The summed E-state index contributed by atoms with van der Waals surface area (Å²) in [6, 6.07) is 10.8. The first-order valence-corrected chi connectivity index (χ1v) is 13.5. The first-order chi connectivity index (χ1) is 15.3. The lowest BCUT2D eigenvalue weighted by Gasteiger charge is -2.30. The van der Waals surface area contributed by atoms with Gasteiger partial charge in [-0.3, -0.25) is 0 Å². The minimum Gasteiger partial charge on any atom is -0.356 e. The number of rotatable bonds is 19. The van der Waals surface area contributed by atoms with Gasteiger partial charge in [0, 0.05) is 25.5 Å². The van der Waals surface area contributed by atoms with Crippen LogP contribution in [0.25, 0.3) is 0 Å². The van der Waals surface area contributed by atoms with E-state index in [1.807, 2.05) is 0 Å². The first kappa shape index (κ1) is 25.8. The van der Waals surface area contributed by atoms with E-state index in [0.717, 1.165) is 6.54 Å². The first-order valence-electron chi connectivity index (χ1n) is 13.5. The molecule has 1 aromatic carbocycles. The summed E-state index contributed by atoms with van der Waals surface area (Å²) in [4.78, 5) is 4.95. The van der Waals surface area contributed by atoms with Gasteiger partial charge in [0.15, 0.2) is 0 Å². The maximum absolute atomic E-state index is 2.51. The molecule has 1 unspecified atom stereocenters. The summed E-state index contributed by atoms with van der Waals surface area (Å²) in [6.45, 7) is 6.83. The van der Waals surface area contributed by atoms with Crippen LogP contribution in [0.15, 0.2) is 42.7 Å². The Kier molecular flexibility index (Phi) is 14.3. The molecule has 2 heteroatoms. The summed E-state index contributed by atoms with van der Waals surface area (Å²) in [5.74, 6) is 0. The molecule has 1 atom stereocenters. The summed E-state index contributed by atoms with van der Waals surface area (Å²) in [5, 5.41) is 0. The van der Waals surface area contributed by atoms with Crippen LogP contribution in [0.2, 0.25) is 0 Å². The molecule has 1 aliphatic heterocycles. The molecule has 0 amide bonds. The van der Waals surface area contributed by atoms with E-state index in [9.17, 15) is 0 Å². The van der Waals surface area contributed by atoms with Crippen molar-refractivity contribution in [3.63, 3.8) is 0 Å². The molecule has 0 radical (unpaired) electrons. The van der Waals surface area contributed by atoms with E-state index in [0.29, 0.717) is 6.17 Å². The number of benzene rings is 1. The lowest BCUT2D eigenvalue weighted by molar-refractivity contribution is 0.162. The van der Waals surface area contributed by atoms with Crippen LogP contribution in [0.3, 0.4) is 0 Å². The topological polar surface area (TPSA) is 6.48 Å². The SMILES string of the molecule is CCCCCCCCCCCCCCCCCCN1C=CN(Cc2ccccc2)C1C. The van der Waals surface area contributed by atoms with Crippen LogP contribution < -0.4 is 0 Å². The molecule has 31 heavy (non-hydrogen) atoms. The Morgan fingerprint density at radius 1 is 0.581 bits per heavy atom. The fraction of sp³-hybridized carbons (Fsp3) is 0.724. The molecular formula is C29H50N2. The van der Waals surface area contributed by atoms with E-state index in [1.165, 1.54) is 115 Å². The number of hydrogen-bond donors (Lipinski definition) is 0. The van der Waals surface area contributed by atoms with E-state index in [-0.39, 0.29) is 0 Å². The molecule has 0 bridgehead atoms. The summed E-state index contributed by atoms with van der Waals surface area (Å²) in [5.41, 5.74) is 1.39. The molecule has 0 saturated carbocycles. The van der Waals surface area contributed by atoms with E-state index >= 15 is 0 Å². The Hall–Kier alpha value is -1.44.